The van der Waals surface area contributed by atoms with Gasteiger partial charge in [-0.05, 0) is 55.0 Å². The van der Waals surface area contributed by atoms with Gasteiger partial charge in [-0.3, -0.25) is 4.79 Å². The summed E-state index contributed by atoms with van der Waals surface area (Å²) in [6, 6.07) is 12.6. The molecule has 5 nitrogen and oxygen atoms in total. The zero-order valence-electron chi connectivity index (χ0n) is 15.2. The molecule has 1 heterocycles. The maximum Gasteiger partial charge on any atom is 0.226 e. The molecule has 3 aromatic rings. The molecular formula is C20H20FN3O2S. The van der Waals surface area contributed by atoms with Gasteiger partial charge in [0.15, 0.2) is 0 Å². The number of carbonyl (C=O) groups excluding carboxylic acids is 1. The summed E-state index contributed by atoms with van der Waals surface area (Å²) >= 11 is 1.72. The third-order valence-corrected chi connectivity index (χ3v) is 4.97. The molecule has 0 unspecified atom stereocenters. The number of halogens is 1. The third-order valence-electron chi connectivity index (χ3n) is 3.88. The van der Waals surface area contributed by atoms with Crippen molar-refractivity contribution in [1.82, 2.24) is 10.1 Å². The van der Waals surface area contributed by atoms with Gasteiger partial charge in [-0.1, -0.05) is 17.3 Å². The minimum Gasteiger partial charge on any atom is -0.339 e. The lowest BCUT2D eigenvalue weighted by Gasteiger charge is -2.04. The lowest BCUT2D eigenvalue weighted by atomic mass is 10.1. The van der Waals surface area contributed by atoms with Gasteiger partial charge in [0.2, 0.25) is 17.6 Å². The molecule has 0 spiro atoms. The number of hydrogen-bond acceptors (Lipinski definition) is 5. The number of thioether (sulfide) groups is 1. The Morgan fingerprint density at radius 1 is 1.22 bits per heavy atom. The first-order valence-corrected chi connectivity index (χ1v) is 9.59. The van der Waals surface area contributed by atoms with Crippen LogP contribution < -0.4 is 5.32 Å². The van der Waals surface area contributed by atoms with Crippen molar-refractivity contribution in [3.8, 4) is 11.4 Å². The van der Waals surface area contributed by atoms with Gasteiger partial charge in [0.05, 0.1) is 0 Å². The Balaban J connectivity index is 1.47. The fourth-order valence-corrected chi connectivity index (χ4v) is 3.31. The van der Waals surface area contributed by atoms with E-state index in [0.29, 0.717) is 29.3 Å². The molecule has 0 aliphatic heterocycles. The van der Waals surface area contributed by atoms with Crippen LogP contribution in [0.3, 0.4) is 0 Å². The zero-order chi connectivity index (χ0) is 19.2. The molecule has 0 fully saturated rings. The van der Waals surface area contributed by atoms with Crippen LogP contribution in [0.1, 0.15) is 24.8 Å². The summed E-state index contributed by atoms with van der Waals surface area (Å²) in [7, 11) is 0. The number of rotatable bonds is 7. The summed E-state index contributed by atoms with van der Waals surface area (Å²) in [6.07, 6.45) is 1.54. The topological polar surface area (TPSA) is 68.0 Å². The Morgan fingerprint density at radius 3 is 2.70 bits per heavy atom. The number of carbonyl (C=O) groups is 1. The molecule has 1 amide bonds. The highest BCUT2D eigenvalue weighted by Crippen LogP contribution is 2.22. The van der Waals surface area contributed by atoms with Crippen molar-refractivity contribution in [3.05, 3.63) is 59.7 Å². The number of aromatic nitrogens is 2. The molecule has 27 heavy (non-hydrogen) atoms. The first kappa shape index (κ1) is 19.1. The predicted octanol–water partition coefficient (Wildman–Crippen LogP) is 4.87. The molecule has 0 saturated carbocycles. The lowest BCUT2D eigenvalue weighted by molar-refractivity contribution is -0.114. The summed E-state index contributed by atoms with van der Waals surface area (Å²) in [4.78, 5) is 16.5. The van der Waals surface area contributed by atoms with Gasteiger partial charge >= 0.3 is 0 Å². The van der Waals surface area contributed by atoms with Crippen LogP contribution >= 0.6 is 11.8 Å². The quantitative estimate of drug-likeness (QED) is 0.464. The Hall–Kier alpha value is -2.67. The molecule has 1 aromatic heterocycles. The molecule has 2 aromatic carbocycles. The average Bonchev–Trinajstić information content (AvgIpc) is 3.11. The Morgan fingerprint density at radius 2 is 2.00 bits per heavy atom. The van der Waals surface area contributed by atoms with Crippen molar-refractivity contribution in [3.63, 3.8) is 0 Å². The smallest absolute Gasteiger partial charge is 0.226 e. The van der Waals surface area contributed by atoms with E-state index in [2.05, 4.69) is 15.5 Å². The van der Waals surface area contributed by atoms with E-state index in [4.69, 9.17) is 4.52 Å². The SMILES string of the molecule is CC(=O)Nc1ccc(SCCCc2nc(-c3ccc(C)c(F)c3)no2)cc1. The number of anilines is 1. The van der Waals surface area contributed by atoms with Crippen LogP contribution in [-0.2, 0) is 11.2 Å². The van der Waals surface area contributed by atoms with Crippen LogP contribution in [0.15, 0.2) is 51.9 Å². The number of nitrogens with one attached hydrogen (secondary N) is 1. The second kappa shape index (κ2) is 8.81. The van der Waals surface area contributed by atoms with Crippen LogP contribution in [-0.4, -0.2) is 21.8 Å². The first-order chi connectivity index (χ1) is 13.0. The molecular weight excluding hydrogens is 365 g/mol. The van der Waals surface area contributed by atoms with Gasteiger partial charge in [0.25, 0.3) is 0 Å². The van der Waals surface area contributed by atoms with Crippen LogP contribution in [0.5, 0.6) is 0 Å². The molecule has 0 radical (unpaired) electrons. The van der Waals surface area contributed by atoms with Crippen LogP contribution in [0.4, 0.5) is 10.1 Å². The highest BCUT2D eigenvalue weighted by molar-refractivity contribution is 7.99. The molecule has 0 aliphatic carbocycles. The normalized spacial score (nSPS) is 10.8. The molecule has 0 aliphatic rings. The lowest BCUT2D eigenvalue weighted by Crippen LogP contribution is -2.05. The monoisotopic (exact) mass is 385 g/mol. The van der Waals surface area contributed by atoms with Gasteiger partial charge in [-0.15, -0.1) is 11.8 Å². The zero-order valence-corrected chi connectivity index (χ0v) is 16.0. The number of amides is 1. The van der Waals surface area contributed by atoms with E-state index in [1.807, 2.05) is 24.3 Å². The van der Waals surface area contributed by atoms with Gasteiger partial charge in [0, 0.05) is 29.5 Å². The molecule has 0 saturated heterocycles. The van der Waals surface area contributed by atoms with Crippen molar-refractivity contribution in [2.45, 2.75) is 31.6 Å². The summed E-state index contributed by atoms with van der Waals surface area (Å²) in [5.41, 5.74) is 1.99. The minimum absolute atomic E-state index is 0.0808. The third kappa shape index (κ3) is 5.40. The number of aryl methyl sites for hydroxylation is 2. The van der Waals surface area contributed by atoms with Gasteiger partial charge in [-0.2, -0.15) is 4.98 Å². The van der Waals surface area contributed by atoms with Crippen LogP contribution in [0.2, 0.25) is 0 Å². The Kier molecular flexibility index (Phi) is 6.24. The fourth-order valence-electron chi connectivity index (χ4n) is 2.46. The van der Waals surface area contributed by atoms with E-state index >= 15 is 0 Å². The second-order valence-electron chi connectivity index (χ2n) is 6.13. The van der Waals surface area contributed by atoms with Crippen molar-refractivity contribution in [1.29, 1.82) is 0 Å². The number of nitrogens with zero attached hydrogens (tertiary/aromatic N) is 2. The van der Waals surface area contributed by atoms with E-state index in [0.717, 1.165) is 22.8 Å². The van der Waals surface area contributed by atoms with Crippen LogP contribution in [0, 0.1) is 12.7 Å². The highest BCUT2D eigenvalue weighted by Gasteiger charge is 2.10. The fraction of sp³-hybridized carbons (Fsp3) is 0.250. The van der Waals surface area contributed by atoms with E-state index in [1.54, 1.807) is 30.8 Å². The summed E-state index contributed by atoms with van der Waals surface area (Å²) in [6.45, 7) is 3.20. The first-order valence-electron chi connectivity index (χ1n) is 8.61. The van der Waals surface area contributed by atoms with E-state index in [-0.39, 0.29) is 11.7 Å². The minimum atomic E-state index is -0.278. The number of hydrogen-bond donors (Lipinski definition) is 1. The molecule has 1 N–H and O–H groups in total. The van der Waals surface area contributed by atoms with Gasteiger partial charge in [0.1, 0.15) is 5.82 Å². The molecule has 7 heteroatoms. The molecule has 0 bridgehead atoms. The van der Waals surface area contributed by atoms with E-state index < -0.39 is 0 Å². The summed E-state index contributed by atoms with van der Waals surface area (Å²) < 4.78 is 18.9. The van der Waals surface area contributed by atoms with Gasteiger partial charge in [-0.25, -0.2) is 4.39 Å². The Bertz CT molecular complexity index is 925. The number of benzene rings is 2. The standard InChI is InChI=1S/C20H20FN3O2S/c1-13-5-6-15(12-18(13)21)20-23-19(26-24-20)4-3-11-27-17-9-7-16(8-10-17)22-14(2)25/h5-10,12H,3-4,11H2,1-2H3,(H,22,25). The Labute approximate surface area is 161 Å². The van der Waals surface area contributed by atoms with Crippen molar-refractivity contribution < 1.29 is 13.7 Å². The largest absolute Gasteiger partial charge is 0.339 e. The predicted molar refractivity (Wildman–Crippen MR) is 104 cm³/mol. The summed E-state index contributed by atoms with van der Waals surface area (Å²) in [5.74, 6) is 1.50. The van der Waals surface area contributed by atoms with Crippen LogP contribution in [0.25, 0.3) is 11.4 Å². The maximum absolute atomic E-state index is 13.7. The van der Waals surface area contributed by atoms with Crippen molar-refractivity contribution in [2.24, 2.45) is 0 Å². The van der Waals surface area contributed by atoms with E-state index in [1.165, 1.54) is 13.0 Å². The average molecular weight is 385 g/mol. The maximum atomic E-state index is 13.7. The van der Waals surface area contributed by atoms with E-state index in [9.17, 15) is 9.18 Å². The van der Waals surface area contributed by atoms with Gasteiger partial charge < -0.3 is 9.84 Å². The molecule has 0 atom stereocenters. The highest BCUT2D eigenvalue weighted by atomic mass is 32.2. The van der Waals surface area contributed by atoms with Crippen molar-refractivity contribution >= 4 is 23.4 Å². The molecule has 3 rings (SSSR count). The van der Waals surface area contributed by atoms with Crippen molar-refractivity contribution in [2.75, 3.05) is 11.1 Å². The summed E-state index contributed by atoms with van der Waals surface area (Å²) in [5, 5.41) is 6.68. The second-order valence-corrected chi connectivity index (χ2v) is 7.30. The molecule has 140 valence electrons.